The predicted octanol–water partition coefficient (Wildman–Crippen LogP) is 4.10. The van der Waals surface area contributed by atoms with E-state index in [-0.39, 0.29) is 17.3 Å². The third-order valence-corrected chi connectivity index (χ3v) is 7.25. The van der Waals surface area contributed by atoms with Gasteiger partial charge in [-0.05, 0) is 63.1 Å². The second-order valence-electron chi connectivity index (χ2n) is 7.77. The smallest absolute Gasteiger partial charge is 0.243 e. The number of benzene rings is 2. The van der Waals surface area contributed by atoms with Crippen LogP contribution in [0, 0.1) is 0 Å². The molecule has 3 rings (SSSR count). The Morgan fingerprint density at radius 1 is 0.879 bits per heavy atom. The van der Waals surface area contributed by atoms with E-state index >= 15 is 0 Å². The lowest BCUT2D eigenvalue weighted by molar-refractivity contribution is -0.114. The SMILES string of the molecule is CCOc1ccc(NC(=O)CNc2ccc(S(=O)(=O)N3CCCCCC3)cc2)cc1OCC. The molecule has 2 N–H and O–H groups in total. The van der Waals surface area contributed by atoms with Crippen molar-refractivity contribution in [3.05, 3.63) is 42.5 Å². The highest BCUT2D eigenvalue weighted by atomic mass is 32.2. The van der Waals surface area contributed by atoms with Crippen molar-refractivity contribution >= 4 is 27.3 Å². The second kappa shape index (κ2) is 11.9. The van der Waals surface area contributed by atoms with Gasteiger partial charge in [0.2, 0.25) is 15.9 Å². The van der Waals surface area contributed by atoms with Crippen molar-refractivity contribution in [1.82, 2.24) is 4.31 Å². The molecule has 0 aromatic heterocycles. The van der Waals surface area contributed by atoms with Crippen LogP contribution in [-0.4, -0.2) is 51.5 Å². The highest BCUT2D eigenvalue weighted by molar-refractivity contribution is 7.89. The van der Waals surface area contributed by atoms with Gasteiger partial charge in [-0.15, -0.1) is 0 Å². The first-order valence-electron chi connectivity index (χ1n) is 11.5. The fraction of sp³-hybridized carbons (Fsp3) is 0.458. The number of ether oxygens (including phenoxy) is 2. The Hall–Kier alpha value is -2.78. The zero-order valence-corrected chi connectivity index (χ0v) is 20.1. The van der Waals surface area contributed by atoms with Crippen molar-refractivity contribution in [3.8, 4) is 11.5 Å². The average Bonchev–Trinajstić information content (AvgIpc) is 3.10. The zero-order valence-electron chi connectivity index (χ0n) is 19.3. The number of nitrogens with one attached hydrogen (secondary N) is 2. The van der Waals surface area contributed by atoms with E-state index in [1.54, 1.807) is 46.8 Å². The Morgan fingerprint density at radius 2 is 1.48 bits per heavy atom. The number of anilines is 2. The first-order valence-corrected chi connectivity index (χ1v) is 12.9. The zero-order chi connectivity index (χ0) is 23.7. The van der Waals surface area contributed by atoms with Crippen LogP contribution in [0.25, 0.3) is 0 Å². The maximum Gasteiger partial charge on any atom is 0.243 e. The molecule has 0 bridgehead atoms. The maximum atomic E-state index is 12.9. The van der Waals surface area contributed by atoms with E-state index in [4.69, 9.17) is 9.47 Å². The largest absolute Gasteiger partial charge is 0.490 e. The summed E-state index contributed by atoms with van der Waals surface area (Å²) >= 11 is 0. The summed E-state index contributed by atoms with van der Waals surface area (Å²) in [5, 5.41) is 5.85. The van der Waals surface area contributed by atoms with Crippen molar-refractivity contribution in [2.45, 2.75) is 44.4 Å². The highest BCUT2D eigenvalue weighted by Crippen LogP contribution is 2.30. The molecule has 2 aromatic carbocycles. The monoisotopic (exact) mass is 475 g/mol. The highest BCUT2D eigenvalue weighted by Gasteiger charge is 2.24. The third kappa shape index (κ3) is 6.85. The van der Waals surface area contributed by atoms with Gasteiger partial charge in [-0.2, -0.15) is 4.31 Å². The van der Waals surface area contributed by atoms with Crippen molar-refractivity contribution in [2.75, 3.05) is 43.5 Å². The quantitative estimate of drug-likeness (QED) is 0.537. The van der Waals surface area contributed by atoms with Gasteiger partial charge in [-0.1, -0.05) is 12.8 Å². The van der Waals surface area contributed by atoms with Crippen LogP contribution in [0.2, 0.25) is 0 Å². The third-order valence-electron chi connectivity index (χ3n) is 5.34. The molecule has 1 amide bonds. The molecular formula is C24H33N3O5S. The summed E-state index contributed by atoms with van der Waals surface area (Å²) in [4.78, 5) is 12.7. The van der Waals surface area contributed by atoms with E-state index in [1.165, 1.54) is 0 Å². The molecule has 8 nitrogen and oxygen atoms in total. The molecule has 0 saturated carbocycles. The fourth-order valence-electron chi connectivity index (χ4n) is 3.69. The second-order valence-corrected chi connectivity index (χ2v) is 9.71. The number of nitrogens with zero attached hydrogens (tertiary/aromatic N) is 1. The van der Waals surface area contributed by atoms with Gasteiger partial charge in [0, 0.05) is 30.5 Å². The minimum Gasteiger partial charge on any atom is -0.490 e. The van der Waals surface area contributed by atoms with E-state index in [2.05, 4.69) is 10.6 Å². The summed E-state index contributed by atoms with van der Waals surface area (Å²) in [6, 6.07) is 11.8. The van der Waals surface area contributed by atoms with Crippen molar-refractivity contribution in [1.29, 1.82) is 0 Å². The summed E-state index contributed by atoms with van der Waals surface area (Å²) in [6.07, 6.45) is 3.93. The van der Waals surface area contributed by atoms with Crippen molar-refractivity contribution in [2.24, 2.45) is 0 Å². The standard InChI is InChI=1S/C24H33N3O5S/c1-3-31-22-14-11-20(17-23(22)32-4-2)26-24(28)18-25-19-9-12-21(13-10-19)33(29,30)27-15-7-5-6-8-16-27/h9-14,17,25H,3-8,15-16,18H2,1-2H3,(H,26,28). The lowest BCUT2D eigenvalue weighted by Gasteiger charge is -2.20. The molecule has 9 heteroatoms. The number of sulfonamides is 1. The van der Waals surface area contributed by atoms with Crippen LogP contribution in [0.1, 0.15) is 39.5 Å². The molecule has 0 spiro atoms. The molecule has 1 aliphatic heterocycles. The van der Waals surface area contributed by atoms with Crippen LogP contribution >= 0.6 is 0 Å². The molecule has 180 valence electrons. The Balaban J connectivity index is 1.57. The number of carbonyl (C=O) groups is 1. The van der Waals surface area contributed by atoms with Crippen LogP contribution in [0.5, 0.6) is 11.5 Å². The van der Waals surface area contributed by atoms with Gasteiger partial charge in [0.25, 0.3) is 0 Å². The molecule has 1 heterocycles. The van der Waals surface area contributed by atoms with Gasteiger partial charge in [0.1, 0.15) is 0 Å². The Morgan fingerprint density at radius 3 is 2.12 bits per heavy atom. The van der Waals surface area contributed by atoms with Crippen LogP contribution in [0.15, 0.2) is 47.4 Å². The fourth-order valence-corrected chi connectivity index (χ4v) is 5.21. The number of rotatable bonds is 10. The van der Waals surface area contributed by atoms with E-state index < -0.39 is 10.0 Å². The maximum absolute atomic E-state index is 12.9. The van der Waals surface area contributed by atoms with Crippen LogP contribution in [0.4, 0.5) is 11.4 Å². The lowest BCUT2D eigenvalue weighted by atomic mass is 10.2. The van der Waals surface area contributed by atoms with Crippen LogP contribution < -0.4 is 20.1 Å². The molecule has 1 aliphatic rings. The summed E-state index contributed by atoms with van der Waals surface area (Å²) in [5.41, 5.74) is 1.27. The lowest BCUT2D eigenvalue weighted by Crippen LogP contribution is -2.31. The van der Waals surface area contributed by atoms with Crippen molar-refractivity contribution in [3.63, 3.8) is 0 Å². The van der Waals surface area contributed by atoms with Crippen molar-refractivity contribution < 1.29 is 22.7 Å². The molecule has 2 aromatic rings. The van der Waals surface area contributed by atoms with Gasteiger partial charge < -0.3 is 20.1 Å². The Labute approximate surface area is 196 Å². The topological polar surface area (TPSA) is 97.0 Å². The number of hydrogen-bond donors (Lipinski definition) is 2. The summed E-state index contributed by atoms with van der Waals surface area (Å²) in [5.74, 6) is 0.972. The van der Waals surface area contributed by atoms with E-state index in [0.717, 1.165) is 25.7 Å². The molecule has 0 radical (unpaired) electrons. The first-order chi connectivity index (χ1) is 15.9. The number of hydrogen-bond acceptors (Lipinski definition) is 6. The minimum atomic E-state index is -3.49. The van der Waals surface area contributed by atoms with E-state index in [1.807, 2.05) is 13.8 Å². The predicted molar refractivity (Wildman–Crippen MR) is 130 cm³/mol. The van der Waals surface area contributed by atoms with Gasteiger partial charge in [-0.25, -0.2) is 8.42 Å². The molecule has 1 saturated heterocycles. The average molecular weight is 476 g/mol. The normalized spacial score (nSPS) is 14.8. The summed E-state index contributed by atoms with van der Waals surface area (Å²) < 4.78 is 38.5. The van der Waals surface area contributed by atoms with Crippen LogP contribution in [-0.2, 0) is 14.8 Å². The van der Waals surface area contributed by atoms with Gasteiger partial charge in [-0.3, -0.25) is 4.79 Å². The Bertz CT molecular complexity index is 1020. The van der Waals surface area contributed by atoms with Crippen LogP contribution in [0.3, 0.4) is 0 Å². The molecule has 0 unspecified atom stereocenters. The number of amides is 1. The molecule has 0 aliphatic carbocycles. The van der Waals surface area contributed by atoms with Gasteiger partial charge in [0.05, 0.1) is 24.7 Å². The molecule has 0 atom stereocenters. The Kier molecular flexibility index (Phi) is 8.96. The molecule has 1 fully saturated rings. The molecular weight excluding hydrogens is 442 g/mol. The number of carbonyl (C=O) groups excluding carboxylic acids is 1. The minimum absolute atomic E-state index is 0.0371. The van der Waals surface area contributed by atoms with Gasteiger partial charge in [0.15, 0.2) is 11.5 Å². The van der Waals surface area contributed by atoms with E-state index in [0.29, 0.717) is 49.2 Å². The van der Waals surface area contributed by atoms with Gasteiger partial charge >= 0.3 is 0 Å². The first kappa shape index (κ1) is 24.9. The summed E-state index contributed by atoms with van der Waals surface area (Å²) in [7, 11) is -3.49. The van der Waals surface area contributed by atoms with E-state index in [9.17, 15) is 13.2 Å². The summed E-state index contributed by atoms with van der Waals surface area (Å²) in [6.45, 7) is 5.97. The molecule has 33 heavy (non-hydrogen) atoms.